The highest BCUT2D eigenvalue weighted by Gasteiger charge is 2.36. The minimum Gasteiger partial charge on any atom is -0.481 e. The number of ether oxygens (including phenoxy) is 2. The second kappa shape index (κ2) is 11.0. The first-order chi connectivity index (χ1) is 16.5. The van der Waals surface area contributed by atoms with Crippen LogP contribution in [0, 0.1) is 12.8 Å². The largest absolute Gasteiger partial charge is 0.481 e. The third-order valence-electron chi connectivity index (χ3n) is 6.98. The molecule has 1 N–H and O–H groups in total. The summed E-state index contributed by atoms with van der Waals surface area (Å²) in [5, 5.41) is 2.82. The van der Waals surface area contributed by atoms with Gasteiger partial charge in [-0.1, -0.05) is 48.7 Å². The first-order valence-electron chi connectivity index (χ1n) is 12.4. The van der Waals surface area contributed by atoms with Crippen LogP contribution < -0.4 is 10.1 Å². The van der Waals surface area contributed by atoms with E-state index in [-0.39, 0.29) is 23.8 Å². The van der Waals surface area contributed by atoms with Crippen LogP contribution in [-0.2, 0) is 20.7 Å². The van der Waals surface area contributed by atoms with Crippen LogP contribution in [0.4, 0.5) is 0 Å². The molecule has 2 aromatic carbocycles. The molecule has 0 saturated heterocycles. The predicted octanol–water partition coefficient (Wildman–Crippen LogP) is 4.19. The lowest BCUT2D eigenvalue weighted by Gasteiger charge is -2.39. The number of methoxy groups -OCH3 is 1. The van der Waals surface area contributed by atoms with Gasteiger partial charge in [-0.3, -0.25) is 9.59 Å². The summed E-state index contributed by atoms with van der Waals surface area (Å²) in [6.07, 6.45) is 4.44. The van der Waals surface area contributed by atoms with E-state index >= 15 is 0 Å². The fourth-order valence-corrected chi connectivity index (χ4v) is 5.19. The van der Waals surface area contributed by atoms with Gasteiger partial charge in [-0.15, -0.1) is 0 Å². The third kappa shape index (κ3) is 5.44. The second-order valence-corrected chi connectivity index (χ2v) is 9.48. The van der Waals surface area contributed by atoms with E-state index < -0.39 is 6.10 Å². The monoisotopic (exact) mass is 464 g/mol. The Labute approximate surface area is 202 Å². The summed E-state index contributed by atoms with van der Waals surface area (Å²) < 4.78 is 11.0. The van der Waals surface area contributed by atoms with Gasteiger partial charge in [-0.2, -0.15) is 0 Å². The summed E-state index contributed by atoms with van der Waals surface area (Å²) >= 11 is 0. The minimum absolute atomic E-state index is 0.129. The maximum Gasteiger partial charge on any atom is 0.260 e. The smallest absolute Gasteiger partial charge is 0.260 e. The Morgan fingerprint density at radius 3 is 2.68 bits per heavy atom. The van der Waals surface area contributed by atoms with Crippen molar-refractivity contribution in [2.45, 2.75) is 58.1 Å². The Bertz CT molecular complexity index is 1020. The predicted molar refractivity (Wildman–Crippen MR) is 132 cm³/mol. The molecule has 6 heteroatoms. The molecule has 0 unspecified atom stereocenters. The standard InChI is InChI=1S/C28H36N2O4/c1-19-7-6-10-23(17-19)26-25-18-24(34-20(2)27(31)29-14-16-33-3)12-11-21(25)13-15-30(26)28(32)22-8-4-5-9-22/h6-7,10-12,17-18,20,22,26H,4-5,8-9,13-16H2,1-3H3,(H,29,31)/t20-,26-/m1/s1. The van der Waals surface area contributed by atoms with Crippen LogP contribution in [0.5, 0.6) is 5.75 Å². The van der Waals surface area contributed by atoms with Gasteiger partial charge in [-0.25, -0.2) is 0 Å². The van der Waals surface area contributed by atoms with Crippen molar-refractivity contribution in [3.05, 3.63) is 64.7 Å². The van der Waals surface area contributed by atoms with Crippen molar-refractivity contribution in [2.24, 2.45) is 5.92 Å². The average Bonchev–Trinajstić information content (AvgIpc) is 3.38. The van der Waals surface area contributed by atoms with Crippen LogP contribution in [0.3, 0.4) is 0 Å². The van der Waals surface area contributed by atoms with Crippen LogP contribution in [0.25, 0.3) is 0 Å². The van der Waals surface area contributed by atoms with E-state index in [1.165, 1.54) is 11.1 Å². The van der Waals surface area contributed by atoms with Crippen LogP contribution in [0.2, 0.25) is 0 Å². The van der Waals surface area contributed by atoms with Crippen molar-refractivity contribution in [1.82, 2.24) is 10.2 Å². The Balaban J connectivity index is 1.62. The number of hydrogen-bond donors (Lipinski definition) is 1. The molecule has 2 atom stereocenters. The lowest BCUT2D eigenvalue weighted by atomic mass is 9.86. The van der Waals surface area contributed by atoms with Crippen LogP contribution in [0.1, 0.15) is 60.9 Å². The number of carbonyl (C=O) groups is 2. The van der Waals surface area contributed by atoms with Gasteiger partial charge in [0.2, 0.25) is 5.91 Å². The summed E-state index contributed by atoms with van der Waals surface area (Å²) in [6.45, 7) is 5.45. The van der Waals surface area contributed by atoms with Gasteiger partial charge in [0.15, 0.2) is 6.10 Å². The zero-order valence-electron chi connectivity index (χ0n) is 20.5. The highest BCUT2D eigenvalue weighted by atomic mass is 16.5. The van der Waals surface area contributed by atoms with Crippen molar-refractivity contribution in [3.8, 4) is 5.75 Å². The number of rotatable bonds is 8. The molecular formula is C28H36N2O4. The molecule has 2 aliphatic rings. The Morgan fingerprint density at radius 2 is 1.94 bits per heavy atom. The van der Waals surface area contributed by atoms with E-state index in [2.05, 4.69) is 47.5 Å². The fourth-order valence-electron chi connectivity index (χ4n) is 5.19. The lowest BCUT2D eigenvalue weighted by molar-refractivity contribution is -0.137. The Kier molecular flexibility index (Phi) is 7.88. The maximum absolute atomic E-state index is 13.6. The maximum atomic E-state index is 13.6. The molecule has 1 aliphatic heterocycles. The summed E-state index contributed by atoms with van der Waals surface area (Å²) in [5.41, 5.74) is 4.61. The van der Waals surface area contributed by atoms with Gasteiger partial charge in [0.1, 0.15) is 5.75 Å². The lowest BCUT2D eigenvalue weighted by Crippen LogP contribution is -2.43. The molecule has 0 bridgehead atoms. The highest BCUT2D eigenvalue weighted by molar-refractivity contribution is 5.81. The summed E-state index contributed by atoms with van der Waals surface area (Å²) in [6, 6.07) is 14.3. The first-order valence-corrected chi connectivity index (χ1v) is 12.4. The fraction of sp³-hybridized carbons (Fsp3) is 0.500. The topological polar surface area (TPSA) is 67.9 Å². The molecule has 1 fully saturated rings. The zero-order valence-corrected chi connectivity index (χ0v) is 20.5. The Hall–Kier alpha value is -2.86. The summed E-state index contributed by atoms with van der Waals surface area (Å²) in [7, 11) is 1.60. The van der Waals surface area contributed by atoms with Gasteiger partial charge in [-0.05, 0) is 61.9 Å². The van der Waals surface area contributed by atoms with E-state index in [1.807, 2.05) is 12.1 Å². The number of nitrogens with one attached hydrogen (secondary N) is 1. The minimum atomic E-state index is -0.632. The van der Waals surface area contributed by atoms with Crippen molar-refractivity contribution in [2.75, 3.05) is 26.8 Å². The molecule has 1 heterocycles. The number of benzene rings is 2. The van der Waals surface area contributed by atoms with Gasteiger partial charge >= 0.3 is 0 Å². The molecule has 0 radical (unpaired) electrons. The second-order valence-electron chi connectivity index (χ2n) is 9.48. The van der Waals surface area contributed by atoms with Crippen LogP contribution in [0.15, 0.2) is 42.5 Å². The molecule has 2 aromatic rings. The molecule has 6 nitrogen and oxygen atoms in total. The molecule has 4 rings (SSSR count). The Morgan fingerprint density at radius 1 is 1.15 bits per heavy atom. The van der Waals surface area contributed by atoms with E-state index in [4.69, 9.17) is 9.47 Å². The van der Waals surface area contributed by atoms with Gasteiger partial charge in [0.05, 0.1) is 12.6 Å². The molecule has 0 aromatic heterocycles. The van der Waals surface area contributed by atoms with Crippen LogP contribution in [-0.4, -0.2) is 49.6 Å². The number of amides is 2. The molecule has 2 amide bonds. The van der Waals surface area contributed by atoms with Crippen molar-refractivity contribution in [3.63, 3.8) is 0 Å². The van der Waals surface area contributed by atoms with E-state index in [0.717, 1.165) is 49.8 Å². The number of carbonyl (C=O) groups excluding carboxylic acids is 2. The number of fused-ring (bicyclic) bond motifs is 1. The zero-order chi connectivity index (χ0) is 24.1. The van der Waals surface area contributed by atoms with Gasteiger partial charge in [0, 0.05) is 26.1 Å². The molecule has 0 spiro atoms. The van der Waals surface area contributed by atoms with Gasteiger partial charge in [0.25, 0.3) is 5.91 Å². The van der Waals surface area contributed by atoms with Crippen LogP contribution >= 0.6 is 0 Å². The summed E-state index contributed by atoms with van der Waals surface area (Å²) in [4.78, 5) is 28.0. The average molecular weight is 465 g/mol. The molecule has 182 valence electrons. The summed E-state index contributed by atoms with van der Waals surface area (Å²) in [5.74, 6) is 0.861. The molecular weight excluding hydrogens is 428 g/mol. The number of aryl methyl sites for hydroxylation is 1. The SMILES string of the molecule is COCCNC(=O)[C@@H](C)Oc1ccc2c(c1)[C@@H](c1cccc(C)c1)N(C(=O)C1CCCC1)CC2. The quantitative estimate of drug-likeness (QED) is 0.595. The first kappa shape index (κ1) is 24.3. The molecule has 34 heavy (non-hydrogen) atoms. The van der Waals surface area contributed by atoms with Crippen molar-refractivity contribution in [1.29, 1.82) is 0 Å². The van der Waals surface area contributed by atoms with E-state index in [1.54, 1.807) is 14.0 Å². The van der Waals surface area contributed by atoms with E-state index in [9.17, 15) is 9.59 Å². The number of hydrogen-bond acceptors (Lipinski definition) is 4. The normalized spacial score (nSPS) is 18.9. The third-order valence-corrected chi connectivity index (χ3v) is 6.98. The number of nitrogens with zero attached hydrogens (tertiary/aromatic N) is 1. The highest BCUT2D eigenvalue weighted by Crippen LogP contribution is 2.40. The van der Waals surface area contributed by atoms with Crippen molar-refractivity contribution < 1.29 is 19.1 Å². The van der Waals surface area contributed by atoms with Gasteiger partial charge < -0.3 is 19.7 Å². The molecule has 1 saturated carbocycles. The van der Waals surface area contributed by atoms with Crippen molar-refractivity contribution >= 4 is 11.8 Å². The van der Waals surface area contributed by atoms with E-state index in [0.29, 0.717) is 18.9 Å². The molecule has 1 aliphatic carbocycles.